The molecular formula is C20H29N3O3S2. The van der Waals surface area contributed by atoms with Crippen molar-refractivity contribution in [2.45, 2.75) is 63.7 Å². The first-order valence-electron chi connectivity index (χ1n) is 9.36. The molecule has 28 heavy (non-hydrogen) atoms. The maximum Gasteiger partial charge on any atom is 0.177 e. The van der Waals surface area contributed by atoms with Crippen molar-refractivity contribution in [2.24, 2.45) is 5.10 Å². The molecule has 0 radical (unpaired) electrons. The lowest BCUT2D eigenvalue weighted by Crippen LogP contribution is -2.32. The molecule has 0 bridgehead atoms. The number of hydrazone groups is 1. The summed E-state index contributed by atoms with van der Waals surface area (Å²) in [5.41, 5.74) is 2.03. The number of hydrogen-bond donors (Lipinski definition) is 2. The molecule has 1 aromatic rings. The van der Waals surface area contributed by atoms with Crippen LogP contribution in [0.3, 0.4) is 0 Å². The van der Waals surface area contributed by atoms with E-state index < -0.39 is 9.84 Å². The van der Waals surface area contributed by atoms with Crippen molar-refractivity contribution in [1.82, 2.24) is 5.01 Å². The fraction of sp³-hybridized carbons (Fsp3) is 0.600. The maximum absolute atomic E-state index is 11.9. The lowest BCUT2D eigenvalue weighted by atomic mass is 9.78. The molecule has 2 aliphatic heterocycles. The molecule has 6 nitrogen and oxygen atoms in total. The third-order valence-electron chi connectivity index (χ3n) is 5.14. The van der Waals surface area contributed by atoms with Crippen LogP contribution in [0, 0.1) is 5.41 Å². The third kappa shape index (κ3) is 4.08. The highest BCUT2D eigenvalue weighted by Crippen LogP contribution is 2.40. The highest BCUT2D eigenvalue weighted by atomic mass is 32.2. The van der Waals surface area contributed by atoms with E-state index in [4.69, 9.17) is 5.41 Å². The number of nitrogens with zero attached hydrogens (tertiary/aromatic N) is 2. The quantitative estimate of drug-likeness (QED) is 0.711. The first-order valence-corrected chi connectivity index (χ1v) is 12.1. The van der Waals surface area contributed by atoms with Gasteiger partial charge in [-0.2, -0.15) is 5.10 Å². The van der Waals surface area contributed by atoms with E-state index >= 15 is 0 Å². The number of amidine groups is 1. The first-order chi connectivity index (χ1) is 12.7. The summed E-state index contributed by atoms with van der Waals surface area (Å²) in [5.74, 6) is 0.460. The van der Waals surface area contributed by atoms with Crippen molar-refractivity contribution in [2.75, 3.05) is 11.5 Å². The predicted octanol–water partition coefficient (Wildman–Crippen LogP) is 3.47. The first kappa shape index (κ1) is 21.2. The molecular weight excluding hydrogens is 394 g/mol. The number of phenolic OH excluding ortho intramolecular Hbond substituents is 1. The third-order valence-corrected chi connectivity index (χ3v) is 8.26. The van der Waals surface area contributed by atoms with Gasteiger partial charge in [-0.25, -0.2) is 13.4 Å². The fourth-order valence-corrected chi connectivity index (χ4v) is 7.34. The van der Waals surface area contributed by atoms with Gasteiger partial charge in [0.25, 0.3) is 0 Å². The lowest BCUT2D eigenvalue weighted by molar-refractivity contribution is 0.376. The number of aromatic hydroxyl groups is 1. The summed E-state index contributed by atoms with van der Waals surface area (Å²) >= 11 is 1.28. The number of thioether (sulfide) groups is 1. The minimum absolute atomic E-state index is 0.0421. The summed E-state index contributed by atoms with van der Waals surface area (Å²) in [7, 11) is -3.07. The van der Waals surface area contributed by atoms with Gasteiger partial charge in [0.2, 0.25) is 0 Å². The summed E-state index contributed by atoms with van der Waals surface area (Å²) in [5, 5.41) is 25.2. The van der Waals surface area contributed by atoms with Crippen molar-refractivity contribution < 1.29 is 13.5 Å². The van der Waals surface area contributed by atoms with Gasteiger partial charge in [0.1, 0.15) is 5.75 Å². The van der Waals surface area contributed by atoms with Gasteiger partial charge in [-0.1, -0.05) is 53.3 Å². The highest BCUT2D eigenvalue weighted by molar-refractivity contribution is 8.15. The van der Waals surface area contributed by atoms with Crippen molar-refractivity contribution in [3.05, 3.63) is 28.8 Å². The average molecular weight is 424 g/mol. The molecule has 2 saturated heterocycles. The molecule has 2 aliphatic rings. The molecule has 2 fully saturated rings. The van der Waals surface area contributed by atoms with E-state index in [1.807, 2.05) is 12.1 Å². The summed E-state index contributed by atoms with van der Waals surface area (Å²) in [6.45, 7) is 12.3. The Bertz CT molecular complexity index is 905. The Kier molecular flexibility index (Phi) is 5.11. The monoisotopic (exact) mass is 423 g/mol. The molecule has 2 heterocycles. The standard InChI is InChI=1S/C20H29N3O3S2/c1-19(2,3)13-7-12(8-14(17(13)24)20(4,5)6)9-22-23-15-10-28(25,26)11-16(15)27-18(23)21/h7-9,15-16,21,24H,10-11H2,1-6H3/b21-18?,22-9-/t15-,16-/m1/s1. The number of benzene rings is 1. The highest BCUT2D eigenvalue weighted by Gasteiger charge is 2.48. The van der Waals surface area contributed by atoms with Crippen LogP contribution >= 0.6 is 11.8 Å². The van der Waals surface area contributed by atoms with Crippen LogP contribution in [-0.4, -0.2) is 52.7 Å². The van der Waals surface area contributed by atoms with E-state index in [0.29, 0.717) is 5.75 Å². The van der Waals surface area contributed by atoms with Gasteiger partial charge in [-0.15, -0.1) is 0 Å². The molecule has 3 rings (SSSR count). The summed E-state index contributed by atoms with van der Waals surface area (Å²) in [6.07, 6.45) is 1.67. The smallest absolute Gasteiger partial charge is 0.177 e. The number of hydrogen-bond acceptors (Lipinski definition) is 6. The summed E-state index contributed by atoms with van der Waals surface area (Å²) in [4.78, 5) is 0. The van der Waals surface area contributed by atoms with Gasteiger partial charge >= 0.3 is 0 Å². The second-order valence-electron chi connectivity index (χ2n) is 9.66. The second kappa shape index (κ2) is 6.76. The zero-order chi connectivity index (χ0) is 21.1. The molecule has 2 atom stereocenters. The van der Waals surface area contributed by atoms with Crippen LogP contribution in [0.2, 0.25) is 0 Å². The number of sulfone groups is 1. The maximum atomic E-state index is 11.9. The van der Waals surface area contributed by atoms with Crippen LogP contribution in [0.5, 0.6) is 5.75 Å². The largest absolute Gasteiger partial charge is 0.507 e. The fourth-order valence-electron chi connectivity index (χ4n) is 3.63. The molecule has 0 unspecified atom stereocenters. The predicted molar refractivity (Wildman–Crippen MR) is 116 cm³/mol. The Morgan fingerprint density at radius 1 is 1.14 bits per heavy atom. The number of nitrogens with one attached hydrogen (secondary N) is 1. The molecule has 0 spiro atoms. The molecule has 0 aliphatic carbocycles. The van der Waals surface area contributed by atoms with E-state index in [-0.39, 0.29) is 38.8 Å². The van der Waals surface area contributed by atoms with Crippen LogP contribution in [0.15, 0.2) is 17.2 Å². The van der Waals surface area contributed by atoms with Gasteiger partial charge < -0.3 is 5.11 Å². The van der Waals surface area contributed by atoms with Gasteiger partial charge in [-0.05, 0) is 28.5 Å². The van der Waals surface area contributed by atoms with E-state index in [0.717, 1.165) is 16.7 Å². The number of rotatable bonds is 2. The molecule has 0 saturated carbocycles. The van der Waals surface area contributed by atoms with Crippen LogP contribution < -0.4 is 0 Å². The lowest BCUT2D eigenvalue weighted by Gasteiger charge is -2.28. The van der Waals surface area contributed by atoms with Crippen LogP contribution in [-0.2, 0) is 20.7 Å². The topological polar surface area (TPSA) is 93.8 Å². The Hall–Kier alpha value is -1.54. The zero-order valence-electron chi connectivity index (χ0n) is 17.3. The molecule has 8 heteroatoms. The zero-order valence-corrected chi connectivity index (χ0v) is 18.9. The Balaban J connectivity index is 1.99. The van der Waals surface area contributed by atoms with Crippen molar-refractivity contribution in [1.29, 1.82) is 5.41 Å². The van der Waals surface area contributed by atoms with Gasteiger partial charge in [0.05, 0.1) is 23.8 Å². The van der Waals surface area contributed by atoms with Gasteiger partial charge in [0.15, 0.2) is 15.0 Å². The van der Waals surface area contributed by atoms with Crippen LogP contribution in [0.4, 0.5) is 0 Å². The van der Waals surface area contributed by atoms with Crippen molar-refractivity contribution >= 4 is 33.0 Å². The van der Waals surface area contributed by atoms with Crippen molar-refractivity contribution in [3.8, 4) is 5.75 Å². The van der Waals surface area contributed by atoms with Crippen LogP contribution in [0.25, 0.3) is 0 Å². The van der Waals surface area contributed by atoms with E-state index in [2.05, 4.69) is 46.6 Å². The average Bonchev–Trinajstić information content (AvgIpc) is 2.94. The Morgan fingerprint density at radius 3 is 2.18 bits per heavy atom. The van der Waals surface area contributed by atoms with E-state index in [9.17, 15) is 13.5 Å². The minimum Gasteiger partial charge on any atom is -0.507 e. The summed E-state index contributed by atoms with van der Waals surface area (Å²) < 4.78 is 23.9. The SMILES string of the molecule is CC(C)(C)c1cc(/C=N\N2C(=N)S[C@@H]3CS(=O)(=O)C[C@H]32)cc(C(C)(C)C)c1O. The molecule has 0 aromatic heterocycles. The number of phenols is 1. The normalized spacial score (nSPS) is 24.9. The van der Waals surface area contributed by atoms with Crippen LogP contribution in [0.1, 0.15) is 58.2 Å². The molecule has 154 valence electrons. The molecule has 2 N–H and O–H groups in total. The number of fused-ring (bicyclic) bond motifs is 1. The van der Waals surface area contributed by atoms with Crippen molar-refractivity contribution in [3.63, 3.8) is 0 Å². The molecule has 1 aromatic carbocycles. The molecule has 0 amide bonds. The Labute approximate surface area is 171 Å². The van der Waals surface area contributed by atoms with Gasteiger partial charge in [-0.3, -0.25) is 5.41 Å². The Morgan fingerprint density at radius 2 is 1.68 bits per heavy atom. The van der Waals surface area contributed by atoms with E-state index in [1.54, 1.807) is 6.21 Å². The second-order valence-corrected chi connectivity index (χ2v) is 13.0. The van der Waals surface area contributed by atoms with Gasteiger partial charge in [0, 0.05) is 16.4 Å². The summed E-state index contributed by atoms with van der Waals surface area (Å²) in [6, 6.07) is 3.56. The minimum atomic E-state index is -3.07. The van der Waals surface area contributed by atoms with E-state index in [1.165, 1.54) is 16.8 Å².